The third kappa shape index (κ3) is 5.04. The van der Waals surface area contributed by atoms with Crippen molar-refractivity contribution in [2.24, 2.45) is 0 Å². The molecule has 0 fully saturated rings. The van der Waals surface area contributed by atoms with Crippen LogP contribution in [0.15, 0.2) is 186 Å². The zero-order valence-electron chi connectivity index (χ0n) is 31.4. The van der Waals surface area contributed by atoms with Gasteiger partial charge in [0.25, 0.3) is 0 Å². The van der Waals surface area contributed by atoms with Crippen LogP contribution in [0.5, 0.6) is 0 Å². The molecule has 0 aliphatic carbocycles. The standard InChI is InChI=1S/C52H30N6O/c53-31-35-28-34(52-55-50(32-14-4-1-5-15-32)54-51(56-52)33-16-6-2-7-17-33)24-27-43(35)58-45-23-13-10-20-37(45)39-25-26-40-42-29-46-41(30-47(42)59-49(40)48(39)58)38-21-11-12-22-44(38)57(46)36-18-8-3-9-19-36/h1-30H. The van der Waals surface area contributed by atoms with Gasteiger partial charge in [0, 0.05) is 54.7 Å². The lowest BCUT2D eigenvalue weighted by Crippen LogP contribution is -2.02. The largest absolute Gasteiger partial charge is 0.454 e. The van der Waals surface area contributed by atoms with E-state index in [4.69, 9.17) is 19.4 Å². The summed E-state index contributed by atoms with van der Waals surface area (Å²) in [6.07, 6.45) is 0. The molecule has 4 aromatic heterocycles. The van der Waals surface area contributed by atoms with Crippen LogP contribution in [0.3, 0.4) is 0 Å². The number of para-hydroxylation sites is 3. The van der Waals surface area contributed by atoms with E-state index < -0.39 is 0 Å². The summed E-state index contributed by atoms with van der Waals surface area (Å²) in [5, 5.41) is 17.3. The Labute approximate surface area is 337 Å². The highest BCUT2D eigenvalue weighted by Gasteiger charge is 2.23. The molecule has 0 atom stereocenters. The van der Waals surface area contributed by atoms with E-state index in [1.165, 1.54) is 0 Å². The molecule has 8 aromatic carbocycles. The molecule has 0 aliphatic heterocycles. The smallest absolute Gasteiger partial charge is 0.164 e. The number of fused-ring (bicyclic) bond motifs is 10. The Kier molecular flexibility index (Phi) is 7.16. The van der Waals surface area contributed by atoms with Crippen LogP contribution < -0.4 is 0 Å². The van der Waals surface area contributed by atoms with E-state index in [0.717, 1.165) is 93.6 Å². The molecule has 59 heavy (non-hydrogen) atoms. The fraction of sp³-hybridized carbons (Fsp3) is 0. The molecule has 7 heteroatoms. The Bertz CT molecular complexity index is 3610. The molecule has 0 saturated heterocycles. The summed E-state index contributed by atoms with van der Waals surface area (Å²) in [6, 6.07) is 64.3. The lowest BCUT2D eigenvalue weighted by atomic mass is 10.1. The van der Waals surface area contributed by atoms with Crippen LogP contribution in [0.2, 0.25) is 0 Å². The third-order valence-electron chi connectivity index (χ3n) is 11.4. The number of rotatable bonds is 5. The molecule has 0 bridgehead atoms. The van der Waals surface area contributed by atoms with Crippen LogP contribution in [-0.2, 0) is 0 Å². The fourth-order valence-corrected chi connectivity index (χ4v) is 8.75. The van der Waals surface area contributed by atoms with Gasteiger partial charge in [-0.2, -0.15) is 5.26 Å². The highest BCUT2D eigenvalue weighted by atomic mass is 16.3. The molecule has 4 heterocycles. The van der Waals surface area contributed by atoms with Gasteiger partial charge in [-0.25, -0.2) is 15.0 Å². The van der Waals surface area contributed by atoms with Gasteiger partial charge in [-0.15, -0.1) is 0 Å². The molecule has 12 aromatic rings. The molecular weight excluding hydrogens is 725 g/mol. The Balaban J connectivity index is 1.09. The van der Waals surface area contributed by atoms with Crippen molar-refractivity contribution in [3.63, 3.8) is 0 Å². The Morgan fingerprint density at radius 3 is 1.64 bits per heavy atom. The van der Waals surface area contributed by atoms with Gasteiger partial charge in [-0.3, -0.25) is 0 Å². The van der Waals surface area contributed by atoms with Crippen LogP contribution in [0.4, 0.5) is 0 Å². The quantitative estimate of drug-likeness (QED) is 0.175. The van der Waals surface area contributed by atoms with Crippen molar-refractivity contribution in [3.05, 3.63) is 188 Å². The summed E-state index contributed by atoms with van der Waals surface area (Å²) >= 11 is 0. The Hall–Kier alpha value is -8.34. The molecular formula is C52H30N6O. The minimum absolute atomic E-state index is 0.482. The average Bonchev–Trinajstić information content (AvgIpc) is 3.96. The second kappa shape index (κ2) is 12.8. The summed E-state index contributed by atoms with van der Waals surface area (Å²) in [5.41, 5.74) is 10.5. The van der Waals surface area contributed by atoms with Crippen molar-refractivity contribution in [1.29, 1.82) is 5.26 Å². The predicted octanol–water partition coefficient (Wildman–Crippen LogP) is 12.8. The Morgan fingerprint density at radius 1 is 0.424 bits per heavy atom. The van der Waals surface area contributed by atoms with Gasteiger partial charge < -0.3 is 13.6 Å². The van der Waals surface area contributed by atoms with Crippen molar-refractivity contribution in [2.45, 2.75) is 0 Å². The van der Waals surface area contributed by atoms with Crippen LogP contribution >= 0.6 is 0 Å². The zero-order chi connectivity index (χ0) is 39.0. The van der Waals surface area contributed by atoms with Crippen molar-refractivity contribution >= 4 is 65.6 Å². The maximum absolute atomic E-state index is 10.9. The molecule has 0 N–H and O–H groups in total. The predicted molar refractivity (Wildman–Crippen MR) is 237 cm³/mol. The summed E-state index contributed by atoms with van der Waals surface area (Å²) in [4.78, 5) is 14.7. The SMILES string of the molecule is N#Cc1cc(-c2nc(-c3ccccc3)nc(-c3ccccc3)n2)ccc1-n1c2ccccc2c2ccc3c4cc5c(cc4oc3c21)c1ccccc1n5-c1ccccc1. The zero-order valence-corrected chi connectivity index (χ0v) is 31.4. The van der Waals surface area contributed by atoms with E-state index in [-0.39, 0.29) is 0 Å². The third-order valence-corrected chi connectivity index (χ3v) is 11.4. The highest BCUT2D eigenvalue weighted by molar-refractivity contribution is 6.24. The lowest BCUT2D eigenvalue weighted by Gasteiger charge is -2.12. The molecule has 0 spiro atoms. The van der Waals surface area contributed by atoms with Gasteiger partial charge in [0.05, 0.1) is 33.3 Å². The molecule has 0 radical (unpaired) electrons. The van der Waals surface area contributed by atoms with Gasteiger partial charge >= 0.3 is 0 Å². The van der Waals surface area contributed by atoms with E-state index in [2.05, 4.69) is 106 Å². The van der Waals surface area contributed by atoms with Crippen LogP contribution in [0.25, 0.3) is 111 Å². The van der Waals surface area contributed by atoms with Crippen molar-refractivity contribution < 1.29 is 4.42 Å². The number of hydrogen-bond acceptors (Lipinski definition) is 5. The minimum atomic E-state index is 0.482. The first-order chi connectivity index (χ1) is 29.2. The molecule has 7 nitrogen and oxygen atoms in total. The maximum Gasteiger partial charge on any atom is 0.164 e. The van der Waals surface area contributed by atoms with E-state index >= 15 is 0 Å². The molecule has 0 amide bonds. The van der Waals surface area contributed by atoms with E-state index in [9.17, 15) is 5.26 Å². The number of benzene rings is 8. The number of nitrogens with zero attached hydrogens (tertiary/aromatic N) is 6. The second-order valence-corrected chi connectivity index (χ2v) is 14.7. The van der Waals surface area contributed by atoms with Gasteiger partial charge in [-0.1, -0.05) is 121 Å². The maximum atomic E-state index is 10.9. The van der Waals surface area contributed by atoms with Crippen molar-refractivity contribution in [2.75, 3.05) is 0 Å². The van der Waals surface area contributed by atoms with Crippen LogP contribution in [-0.4, -0.2) is 24.1 Å². The van der Waals surface area contributed by atoms with Crippen LogP contribution in [0, 0.1) is 11.3 Å². The first-order valence-electron chi connectivity index (χ1n) is 19.5. The molecule has 0 aliphatic rings. The first kappa shape index (κ1) is 32.9. The topological polar surface area (TPSA) is 85.5 Å². The molecule has 12 rings (SSSR count). The summed E-state index contributed by atoms with van der Waals surface area (Å²) in [5.74, 6) is 1.61. The monoisotopic (exact) mass is 754 g/mol. The molecule has 0 saturated carbocycles. The lowest BCUT2D eigenvalue weighted by molar-refractivity contribution is 0.671. The first-order valence-corrected chi connectivity index (χ1v) is 19.5. The summed E-state index contributed by atoms with van der Waals surface area (Å²) in [7, 11) is 0. The Morgan fingerprint density at radius 2 is 0.983 bits per heavy atom. The summed E-state index contributed by atoms with van der Waals surface area (Å²) < 4.78 is 11.5. The average molecular weight is 755 g/mol. The fourth-order valence-electron chi connectivity index (χ4n) is 8.75. The van der Waals surface area contributed by atoms with E-state index in [1.807, 2.05) is 91.0 Å². The highest BCUT2D eigenvalue weighted by Crippen LogP contribution is 2.43. The number of hydrogen-bond donors (Lipinski definition) is 0. The van der Waals surface area contributed by atoms with E-state index in [0.29, 0.717) is 23.0 Å². The number of nitriles is 1. The van der Waals surface area contributed by atoms with Crippen molar-refractivity contribution in [3.8, 4) is 51.6 Å². The number of furan rings is 1. The minimum Gasteiger partial charge on any atom is -0.454 e. The molecule has 0 unspecified atom stereocenters. The van der Waals surface area contributed by atoms with Gasteiger partial charge in [-0.05, 0) is 60.7 Å². The van der Waals surface area contributed by atoms with Crippen LogP contribution in [0.1, 0.15) is 5.56 Å². The second-order valence-electron chi connectivity index (χ2n) is 14.7. The normalized spacial score (nSPS) is 11.7. The number of aromatic nitrogens is 5. The summed E-state index contributed by atoms with van der Waals surface area (Å²) in [6.45, 7) is 0. The van der Waals surface area contributed by atoms with Gasteiger partial charge in [0.1, 0.15) is 11.7 Å². The van der Waals surface area contributed by atoms with Gasteiger partial charge in [0.15, 0.2) is 23.1 Å². The van der Waals surface area contributed by atoms with Crippen molar-refractivity contribution in [1.82, 2.24) is 24.1 Å². The van der Waals surface area contributed by atoms with Gasteiger partial charge in [0.2, 0.25) is 0 Å². The molecule has 274 valence electrons. The van der Waals surface area contributed by atoms with E-state index in [1.54, 1.807) is 0 Å².